The number of nitrogens with two attached hydrogens (primary N) is 1. The molecule has 0 bridgehead atoms. The van der Waals surface area contributed by atoms with E-state index in [0.717, 1.165) is 50.6 Å². The zero-order valence-corrected chi connectivity index (χ0v) is 9.88. The van der Waals surface area contributed by atoms with Crippen molar-refractivity contribution in [2.75, 3.05) is 31.1 Å². The van der Waals surface area contributed by atoms with E-state index in [4.69, 9.17) is 10.5 Å². The summed E-state index contributed by atoms with van der Waals surface area (Å²) in [6.45, 7) is 3.64. The first-order valence-corrected chi connectivity index (χ1v) is 6.25. The molecule has 0 aliphatic carbocycles. The summed E-state index contributed by atoms with van der Waals surface area (Å²) in [5.41, 5.74) is 6.64. The molecule has 2 N–H and O–H groups in total. The van der Waals surface area contributed by atoms with E-state index in [1.54, 1.807) is 6.33 Å². The third-order valence-corrected chi connectivity index (χ3v) is 3.55. The topological polar surface area (TPSA) is 64.3 Å². The summed E-state index contributed by atoms with van der Waals surface area (Å²) in [6, 6.07) is 2.06. The maximum atomic E-state index is 5.64. The quantitative estimate of drug-likeness (QED) is 0.835. The lowest BCUT2D eigenvalue weighted by atomic mass is 10.0. The lowest BCUT2D eigenvalue weighted by molar-refractivity contribution is 0.108. The highest BCUT2D eigenvalue weighted by molar-refractivity contribution is 5.42. The number of hydrogen-bond donors (Lipinski definition) is 1. The average molecular weight is 234 g/mol. The van der Waals surface area contributed by atoms with Crippen molar-refractivity contribution >= 4 is 5.82 Å². The van der Waals surface area contributed by atoms with E-state index in [1.807, 2.05) is 0 Å². The van der Waals surface area contributed by atoms with Gasteiger partial charge in [-0.25, -0.2) is 9.97 Å². The Morgan fingerprint density at radius 2 is 2.29 bits per heavy atom. The summed E-state index contributed by atoms with van der Waals surface area (Å²) >= 11 is 0. The molecule has 5 heteroatoms. The number of anilines is 1. The molecule has 17 heavy (non-hydrogen) atoms. The van der Waals surface area contributed by atoms with Crippen LogP contribution in [0.2, 0.25) is 0 Å². The van der Waals surface area contributed by atoms with E-state index >= 15 is 0 Å². The normalized spacial score (nSPS) is 25.0. The Morgan fingerprint density at radius 3 is 3.00 bits per heavy atom. The van der Waals surface area contributed by atoms with Crippen molar-refractivity contribution in [3.05, 3.63) is 18.1 Å². The van der Waals surface area contributed by atoms with Gasteiger partial charge >= 0.3 is 0 Å². The van der Waals surface area contributed by atoms with Crippen molar-refractivity contribution in [2.45, 2.75) is 18.9 Å². The van der Waals surface area contributed by atoms with Crippen molar-refractivity contribution in [3.63, 3.8) is 0 Å². The monoisotopic (exact) mass is 234 g/mol. The Bertz CT molecular complexity index is 386. The molecule has 2 aliphatic heterocycles. The van der Waals surface area contributed by atoms with Crippen LogP contribution in [-0.2, 0) is 4.74 Å². The van der Waals surface area contributed by atoms with Gasteiger partial charge in [0.1, 0.15) is 12.1 Å². The van der Waals surface area contributed by atoms with Crippen molar-refractivity contribution in [1.82, 2.24) is 9.97 Å². The van der Waals surface area contributed by atoms with Crippen LogP contribution in [-0.4, -0.2) is 36.2 Å². The van der Waals surface area contributed by atoms with E-state index in [-0.39, 0.29) is 6.10 Å². The number of ether oxygens (including phenoxy) is 1. The van der Waals surface area contributed by atoms with E-state index < -0.39 is 0 Å². The van der Waals surface area contributed by atoms with Crippen molar-refractivity contribution in [3.8, 4) is 0 Å². The van der Waals surface area contributed by atoms with Gasteiger partial charge in [-0.15, -0.1) is 0 Å². The Morgan fingerprint density at radius 1 is 1.41 bits per heavy atom. The van der Waals surface area contributed by atoms with Crippen LogP contribution in [0, 0.1) is 5.92 Å². The van der Waals surface area contributed by atoms with Crippen molar-refractivity contribution in [1.29, 1.82) is 0 Å². The molecule has 0 spiro atoms. The van der Waals surface area contributed by atoms with Gasteiger partial charge in [0.15, 0.2) is 0 Å². The van der Waals surface area contributed by atoms with E-state index in [1.165, 1.54) is 0 Å². The molecule has 0 saturated carbocycles. The van der Waals surface area contributed by atoms with Gasteiger partial charge in [-0.2, -0.15) is 0 Å². The van der Waals surface area contributed by atoms with Gasteiger partial charge < -0.3 is 15.4 Å². The molecule has 0 amide bonds. The number of hydrogen-bond acceptors (Lipinski definition) is 5. The predicted molar refractivity (Wildman–Crippen MR) is 64.7 cm³/mol. The summed E-state index contributed by atoms with van der Waals surface area (Å²) in [6.07, 6.45) is 4.01. The zero-order chi connectivity index (χ0) is 11.7. The minimum Gasteiger partial charge on any atom is -0.372 e. The maximum Gasteiger partial charge on any atom is 0.132 e. The molecule has 3 rings (SSSR count). The molecule has 2 aliphatic rings. The fourth-order valence-corrected chi connectivity index (χ4v) is 2.43. The fraction of sp³-hybridized carbons (Fsp3) is 0.667. The van der Waals surface area contributed by atoms with E-state index in [0.29, 0.717) is 5.92 Å². The minimum atomic E-state index is 0.170. The Kier molecular flexibility index (Phi) is 2.94. The fourth-order valence-electron chi connectivity index (χ4n) is 2.43. The SMILES string of the molecule is NCC1CN(c2cc(C3CCCO3)ncn2)C1. The zero-order valence-electron chi connectivity index (χ0n) is 9.88. The molecule has 5 nitrogen and oxygen atoms in total. The Balaban J connectivity index is 1.71. The Hall–Kier alpha value is -1.20. The molecule has 1 aromatic heterocycles. The van der Waals surface area contributed by atoms with Crippen molar-refractivity contribution in [2.24, 2.45) is 11.7 Å². The highest BCUT2D eigenvalue weighted by atomic mass is 16.5. The number of nitrogens with zero attached hydrogens (tertiary/aromatic N) is 3. The first-order valence-electron chi connectivity index (χ1n) is 6.25. The third kappa shape index (κ3) is 2.12. The summed E-state index contributed by atoms with van der Waals surface area (Å²) in [7, 11) is 0. The first kappa shape index (κ1) is 10.9. The van der Waals surface area contributed by atoms with Crippen LogP contribution in [0.4, 0.5) is 5.82 Å². The number of rotatable bonds is 3. The molecule has 1 aromatic rings. The second-order valence-electron chi connectivity index (χ2n) is 4.81. The molecule has 2 saturated heterocycles. The lowest BCUT2D eigenvalue weighted by Crippen LogP contribution is -2.50. The highest BCUT2D eigenvalue weighted by Crippen LogP contribution is 2.29. The van der Waals surface area contributed by atoms with Gasteiger partial charge in [0.05, 0.1) is 11.8 Å². The van der Waals surface area contributed by atoms with E-state index in [2.05, 4.69) is 20.9 Å². The van der Waals surface area contributed by atoms with Crippen LogP contribution >= 0.6 is 0 Å². The van der Waals surface area contributed by atoms with Crippen LogP contribution in [0.5, 0.6) is 0 Å². The second kappa shape index (κ2) is 4.58. The highest BCUT2D eigenvalue weighted by Gasteiger charge is 2.27. The van der Waals surface area contributed by atoms with Gasteiger partial charge in [-0.3, -0.25) is 0 Å². The smallest absolute Gasteiger partial charge is 0.132 e. The van der Waals surface area contributed by atoms with Gasteiger partial charge in [-0.1, -0.05) is 0 Å². The van der Waals surface area contributed by atoms with Gasteiger partial charge in [0, 0.05) is 31.7 Å². The predicted octanol–water partition coefficient (Wildman–Crippen LogP) is 0.723. The second-order valence-corrected chi connectivity index (χ2v) is 4.81. The lowest BCUT2D eigenvalue weighted by Gasteiger charge is -2.39. The largest absolute Gasteiger partial charge is 0.372 e. The van der Waals surface area contributed by atoms with Crippen molar-refractivity contribution < 1.29 is 4.74 Å². The summed E-state index contributed by atoms with van der Waals surface area (Å²) in [4.78, 5) is 10.9. The Labute approximate surface area is 101 Å². The van der Waals surface area contributed by atoms with Crippen LogP contribution in [0.25, 0.3) is 0 Å². The van der Waals surface area contributed by atoms with E-state index in [9.17, 15) is 0 Å². The van der Waals surface area contributed by atoms with Crippen LogP contribution in [0.1, 0.15) is 24.6 Å². The number of aromatic nitrogens is 2. The molecule has 1 unspecified atom stereocenters. The van der Waals surface area contributed by atoms with Gasteiger partial charge in [0.2, 0.25) is 0 Å². The minimum absolute atomic E-state index is 0.170. The molecular formula is C12H18N4O. The van der Waals surface area contributed by atoms with Crippen LogP contribution in [0.15, 0.2) is 12.4 Å². The molecular weight excluding hydrogens is 216 g/mol. The molecule has 2 fully saturated rings. The molecule has 92 valence electrons. The molecule has 3 heterocycles. The standard InChI is InChI=1S/C12H18N4O/c13-5-9-6-16(7-9)12-4-10(14-8-15-12)11-2-1-3-17-11/h4,8-9,11H,1-3,5-7,13H2. The summed E-state index contributed by atoms with van der Waals surface area (Å²) in [5.74, 6) is 1.63. The average Bonchev–Trinajstić information content (AvgIpc) is 2.81. The molecule has 0 radical (unpaired) electrons. The van der Waals surface area contributed by atoms with Crippen LogP contribution < -0.4 is 10.6 Å². The third-order valence-electron chi connectivity index (χ3n) is 3.55. The van der Waals surface area contributed by atoms with Crippen LogP contribution in [0.3, 0.4) is 0 Å². The van der Waals surface area contributed by atoms with Gasteiger partial charge in [-0.05, 0) is 19.4 Å². The maximum absolute atomic E-state index is 5.64. The molecule has 0 aromatic carbocycles. The summed E-state index contributed by atoms with van der Waals surface area (Å²) < 4.78 is 5.64. The molecule has 1 atom stereocenters. The first-order chi connectivity index (χ1) is 8.36. The van der Waals surface area contributed by atoms with Gasteiger partial charge in [0.25, 0.3) is 0 Å². The summed E-state index contributed by atoms with van der Waals surface area (Å²) in [5, 5.41) is 0.